The number of allylic oxidation sites excluding steroid dienone is 1. The second kappa shape index (κ2) is 4.95. The maximum absolute atomic E-state index is 10.2. The van der Waals surface area contributed by atoms with Crippen LogP contribution in [0.2, 0.25) is 0 Å². The van der Waals surface area contributed by atoms with Gasteiger partial charge >= 0.3 is 0 Å². The molecule has 0 amide bonds. The third-order valence-corrected chi connectivity index (χ3v) is 4.88. The molecule has 0 aromatic rings. The number of hydrogen-bond donors (Lipinski definition) is 3. The molecular formula is C15H26O3. The van der Waals surface area contributed by atoms with Gasteiger partial charge in [-0.15, -0.1) is 0 Å². The smallest absolute Gasteiger partial charge is 0.0599 e. The van der Waals surface area contributed by atoms with Crippen LogP contribution in [-0.2, 0) is 0 Å². The van der Waals surface area contributed by atoms with E-state index in [4.69, 9.17) is 0 Å². The number of hydrogen-bond acceptors (Lipinski definition) is 3. The Hall–Kier alpha value is -0.380. The summed E-state index contributed by atoms with van der Waals surface area (Å²) in [6.45, 7) is 6.59. The summed E-state index contributed by atoms with van der Waals surface area (Å²) in [5, 5.41) is 29.4. The predicted octanol–water partition coefficient (Wildman–Crippen LogP) is 1.58. The van der Waals surface area contributed by atoms with Crippen LogP contribution in [0.4, 0.5) is 0 Å². The van der Waals surface area contributed by atoms with Gasteiger partial charge in [-0.1, -0.05) is 32.4 Å². The van der Waals surface area contributed by atoms with Gasteiger partial charge in [-0.2, -0.15) is 0 Å². The van der Waals surface area contributed by atoms with Crippen LogP contribution in [-0.4, -0.2) is 34.6 Å². The lowest BCUT2D eigenvalue weighted by atomic mass is 9.80. The van der Waals surface area contributed by atoms with Crippen molar-refractivity contribution in [1.29, 1.82) is 0 Å². The SMILES string of the molecule is C[C@H]1C[C@H](O)[C@H](CO)[C@H](CO)C2=CC(C)(C)C[C@H]21. The number of fused-ring (bicyclic) bond motifs is 1. The van der Waals surface area contributed by atoms with Gasteiger partial charge in [-0.3, -0.25) is 0 Å². The fourth-order valence-electron chi connectivity index (χ4n) is 3.94. The van der Waals surface area contributed by atoms with Crippen LogP contribution in [0.3, 0.4) is 0 Å². The Labute approximate surface area is 110 Å². The highest BCUT2D eigenvalue weighted by atomic mass is 16.3. The highest BCUT2D eigenvalue weighted by molar-refractivity contribution is 5.25. The summed E-state index contributed by atoms with van der Waals surface area (Å²) in [6, 6.07) is 0. The maximum atomic E-state index is 10.2. The van der Waals surface area contributed by atoms with Crippen molar-refractivity contribution in [2.24, 2.45) is 29.1 Å². The van der Waals surface area contributed by atoms with Gasteiger partial charge < -0.3 is 15.3 Å². The minimum Gasteiger partial charge on any atom is -0.396 e. The highest BCUT2D eigenvalue weighted by Gasteiger charge is 2.44. The summed E-state index contributed by atoms with van der Waals surface area (Å²) in [4.78, 5) is 0. The van der Waals surface area contributed by atoms with E-state index in [0.29, 0.717) is 11.8 Å². The standard InChI is InChI=1S/C15H26O3/c1-9-4-14(18)13(8-17)12(7-16)11-6-15(2,3)5-10(9)11/h6,9-10,12-14,16-18H,4-5,7-8H2,1-3H3/t9-,10-,12+,13+,14-/m0/s1. The van der Waals surface area contributed by atoms with Crippen LogP contribution in [0.5, 0.6) is 0 Å². The average Bonchev–Trinajstić information content (AvgIpc) is 2.57. The zero-order valence-corrected chi connectivity index (χ0v) is 11.6. The molecule has 1 fully saturated rings. The molecule has 0 aliphatic heterocycles. The van der Waals surface area contributed by atoms with Gasteiger partial charge in [0.2, 0.25) is 0 Å². The maximum Gasteiger partial charge on any atom is 0.0599 e. The van der Waals surface area contributed by atoms with E-state index in [1.807, 2.05) is 0 Å². The van der Waals surface area contributed by atoms with E-state index in [1.54, 1.807) is 0 Å². The molecule has 3 N–H and O–H groups in total. The van der Waals surface area contributed by atoms with Crippen LogP contribution in [0.15, 0.2) is 11.6 Å². The lowest BCUT2D eigenvalue weighted by molar-refractivity contribution is 0.0214. The molecule has 5 atom stereocenters. The second-order valence-corrected chi connectivity index (χ2v) is 6.86. The molecule has 0 bridgehead atoms. The number of rotatable bonds is 2. The van der Waals surface area contributed by atoms with E-state index in [0.717, 1.165) is 12.8 Å². The first kappa shape index (κ1) is 14.0. The van der Waals surface area contributed by atoms with Crippen molar-refractivity contribution < 1.29 is 15.3 Å². The summed E-state index contributed by atoms with van der Waals surface area (Å²) >= 11 is 0. The molecule has 3 heteroatoms. The summed E-state index contributed by atoms with van der Waals surface area (Å²) in [5.74, 6) is 0.561. The van der Waals surface area contributed by atoms with E-state index in [2.05, 4.69) is 26.8 Å². The van der Waals surface area contributed by atoms with Crippen LogP contribution in [0.25, 0.3) is 0 Å². The molecule has 18 heavy (non-hydrogen) atoms. The fourth-order valence-corrected chi connectivity index (χ4v) is 3.94. The summed E-state index contributed by atoms with van der Waals surface area (Å²) in [6.07, 6.45) is 3.58. The van der Waals surface area contributed by atoms with E-state index >= 15 is 0 Å². The molecule has 2 rings (SSSR count). The minimum atomic E-state index is -0.503. The van der Waals surface area contributed by atoms with Crippen LogP contribution in [0.1, 0.15) is 33.6 Å². The van der Waals surface area contributed by atoms with Crippen molar-refractivity contribution in [3.63, 3.8) is 0 Å². The monoisotopic (exact) mass is 254 g/mol. The Morgan fingerprint density at radius 1 is 1.28 bits per heavy atom. The molecule has 0 radical (unpaired) electrons. The van der Waals surface area contributed by atoms with Crippen LogP contribution in [0, 0.1) is 29.1 Å². The lowest BCUT2D eigenvalue weighted by Crippen LogP contribution is -2.32. The van der Waals surface area contributed by atoms with Gasteiger partial charge in [-0.05, 0) is 30.1 Å². The van der Waals surface area contributed by atoms with Gasteiger partial charge in [0.1, 0.15) is 0 Å². The molecule has 2 aliphatic rings. The second-order valence-electron chi connectivity index (χ2n) is 6.86. The van der Waals surface area contributed by atoms with Crippen molar-refractivity contribution in [2.45, 2.75) is 39.7 Å². The number of aliphatic hydroxyl groups excluding tert-OH is 3. The normalized spacial score (nSPS) is 43.2. The van der Waals surface area contributed by atoms with Crippen molar-refractivity contribution in [1.82, 2.24) is 0 Å². The molecule has 0 heterocycles. The lowest BCUT2D eigenvalue weighted by Gasteiger charge is -2.27. The molecular weight excluding hydrogens is 228 g/mol. The average molecular weight is 254 g/mol. The van der Waals surface area contributed by atoms with Gasteiger partial charge in [0, 0.05) is 18.4 Å². The first-order valence-electron chi connectivity index (χ1n) is 7.02. The predicted molar refractivity (Wildman–Crippen MR) is 70.9 cm³/mol. The quantitative estimate of drug-likeness (QED) is 0.656. The molecule has 0 aromatic heterocycles. The van der Waals surface area contributed by atoms with Crippen molar-refractivity contribution in [2.75, 3.05) is 13.2 Å². The third-order valence-electron chi connectivity index (χ3n) is 4.88. The Balaban J connectivity index is 2.38. The Kier molecular flexibility index (Phi) is 3.86. The zero-order valence-electron chi connectivity index (χ0n) is 11.6. The summed E-state index contributed by atoms with van der Waals surface area (Å²) < 4.78 is 0. The largest absolute Gasteiger partial charge is 0.396 e. The molecule has 104 valence electrons. The molecule has 0 spiro atoms. The van der Waals surface area contributed by atoms with Crippen molar-refractivity contribution in [3.8, 4) is 0 Å². The summed E-state index contributed by atoms with van der Waals surface area (Å²) in [5.41, 5.74) is 1.44. The van der Waals surface area contributed by atoms with E-state index < -0.39 is 6.10 Å². The topological polar surface area (TPSA) is 60.7 Å². The third kappa shape index (κ3) is 2.36. The molecule has 0 aromatic carbocycles. The van der Waals surface area contributed by atoms with Gasteiger partial charge in [-0.25, -0.2) is 0 Å². The van der Waals surface area contributed by atoms with E-state index in [-0.39, 0.29) is 30.5 Å². The Bertz CT molecular complexity index is 335. The van der Waals surface area contributed by atoms with Crippen molar-refractivity contribution in [3.05, 3.63) is 11.6 Å². The molecule has 0 saturated heterocycles. The Morgan fingerprint density at radius 3 is 2.50 bits per heavy atom. The molecule has 1 saturated carbocycles. The molecule has 3 nitrogen and oxygen atoms in total. The molecule has 0 unspecified atom stereocenters. The Morgan fingerprint density at radius 2 is 1.94 bits per heavy atom. The highest BCUT2D eigenvalue weighted by Crippen LogP contribution is 2.50. The van der Waals surface area contributed by atoms with Gasteiger partial charge in [0.15, 0.2) is 0 Å². The first-order valence-corrected chi connectivity index (χ1v) is 7.02. The van der Waals surface area contributed by atoms with E-state index in [9.17, 15) is 15.3 Å². The van der Waals surface area contributed by atoms with Crippen LogP contribution >= 0.6 is 0 Å². The van der Waals surface area contributed by atoms with Crippen LogP contribution < -0.4 is 0 Å². The van der Waals surface area contributed by atoms with Gasteiger partial charge in [0.25, 0.3) is 0 Å². The van der Waals surface area contributed by atoms with E-state index in [1.165, 1.54) is 5.57 Å². The fraction of sp³-hybridized carbons (Fsp3) is 0.867. The van der Waals surface area contributed by atoms with Gasteiger partial charge in [0.05, 0.1) is 12.7 Å². The zero-order chi connectivity index (χ0) is 13.5. The number of aliphatic hydroxyl groups is 3. The molecule has 2 aliphatic carbocycles. The summed E-state index contributed by atoms with van der Waals surface area (Å²) in [7, 11) is 0. The minimum absolute atomic E-state index is 0.0213. The van der Waals surface area contributed by atoms with Crippen molar-refractivity contribution >= 4 is 0 Å². The first-order chi connectivity index (χ1) is 8.39.